The smallest absolute Gasteiger partial charge is 0.253 e. The van der Waals surface area contributed by atoms with Crippen molar-refractivity contribution in [2.24, 2.45) is 0 Å². The molecule has 5 rings (SSSR count). The molecule has 180 valence electrons. The van der Waals surface area contributed by atoms with Gasteiger partial charge in [-0.2, -0.15) is 4.98 Å². The second kappa shape index (κ2) is 10.6. The molecule has 1 saturated heterocycles. The number of amides is 1. The van der Waals surface area contributed by atoms with Gasteiger partial charge < -0.3 is 5.32 Å². The Balaban J connectivity index is 1.28. The minimum Gasteiger partial charge on any atom is -0.350 e. The van der Waals surface area contributed by atoms with Crippen LogP contribution >= 0.6 is 11.8 Å². The van der Waals surface area contributed by atoms with Crippen LogP contribution in [0.3, 0.4) is 0 Å². The summed E-state index contributed by atoms with van der Waals surface area (Å²) >= 11 is 1.52. The summed E-state index contributed by atoms with van der Waals surface area (Å²) in [5.41, 5.74) is 4.83. The standard InChI is InChI=1S/C27H30N6OS/c1-19-16-20(2)33-26(29-19)30-27(31-33)35-18-22-12-6-7-13-23(22)25(34)28-17-24(32-14-8-9-15-32)21-10-4-3-5-11-21/h3-7,10-13,16,24H,8-9,14-15,17-18H2,1-2H3,(H,28,34). The fourth-order valence-corrected chi connectivity index (χ4v) is 5.51. The van der Waals surface area contributed by atoms with Gasteiger partial charge in [0.2, 0.25) is 5.16 Å². The summed E-state index contributed by atoms with van der Waals surface area (Å²) in [6, 6.07) is 20.4. The molecule has 3 heterocycles. The average molecular weight is 487 g/mol. The van der Waals surface area contributed by atoms with E-state index in [9.17, 15) is 4.79 Å². The number of rotatable bonds is 8. The van der Waals surface area contributed by atoms with Gasteiger partial charge in [0.1, 0.15) is 0 Å². The number of carbonyl (C=O) groups excluding carboxylic acids is 1. The Morgan fingerprint density at radius 2 is 1.77 bits per heavy atom. The van der Waals surface area contributed by atoms with Crippen LogP contribution in [0.2, 0.25) is 0 Å². The van der Waals surface area contributed by atoms with E-state index in [0.29, 0.717) is 28.8 Å². The predicted octanol–water partition coefficient (Wildman–Crippen LogP) is 4.60. The van der Waals surface area contributed by atoms with Crippen LogP contribution in [0.4, 0.5) is 0 Å². The topological polar surface area (TPSA) is 75.4 Å². The van der Waals surface area contributed by atoms with E-state index in [1.807, 2.05) is 50.2 Å². The normalized spacial score (nSPS) is 14.9. The lowest BCUT2D eigenvalue weighted by Crippen LogP contribution is -2.37. The zero-order valence-electron chi connectivity index (χ0n) is 20.1. The van der Waals surface area contributed by atoms with E-state index >= 15 is 0 Å². The Bertz CT molecular complexity index is 1320. The van der Waals surface area contributed by atoms with Crippen molar-refractivity contribution in [3.05, 3.63) is 88.7 Å². The first-order valence-electron chi connectivity index (χ1n) is 12.1. The van der Waals surface area contributed by atoms with Crippen molar-refractivity contribution in [2.75, 3.05) is 19.6 Å². The van der Waals surface area contributed by atoms with Gasteiger partial charge in [0.15, 0.2) is 0 Å². The van der Waals surface area contributed by atoms with Gasteiger partial charge in [0.05, 0.1) is 6.04 Å². The summed E-state index contributed by atoms with van der Waals surface area (Å²) in [5, 5.41) is 8.45. The third-order valence-electron chi connectivity index (χ3n) is 6.44. The van der Waals surface area contributed by atoms with Crippen LogP contribution in [-0.4, -0.2) is 50.0 Å². The lowest BCUT2D eigenvalue weighted by molar-refractivity contribution is 0.0937. The van der Waals surface area contributed by atoms with Crippen molar-refractivity contribution < 1.29 is 4.79 Å². The molecule has 0 radical (unpaired) electrons. The maximum atomic E-state index is 13.3. The van der Waals surface area contributed by atoms with E-state index in [4.69, 9.17) is 0 Å². The molecule has 35 heavy (non-hydrogen) atoms. The maximum Gasteiger partial charge on any atom is 0.253 e. The lowest BCUT2D eigenvalue weighted by Gasteiger charge is -2.28. The quantitative estimate of drug-likeness (QED) is 0.367. The molecule has 1 aliphatic rings. The Hall–Kier alpha value is -3.23. The molecule has 4 aromatic rings. The first kappa shape index (κ1) is 23.5. The summed E-state index contributed by atoms with van der Waals surface area (Å²) < 4.78 is 1.76. The third kappa shape index (κ3) is 5.39. The number of hydrogen-bond donors (Lipinski definition) is 1. The van der Waals surface area contributed by atoms with Gasteiger partial charge in [-0.25, -0.2) is 9.50 Å². The Labute approximate surface area is 210 Å². The van der Waals surface area contributed by atoms with Crippen molar-refractivity contribution >= 4 is 23.4 Å². The maximum absolute atomic E-state index is 13.3. The molecule has 0 saturated carbocycles. The van der Waals surface area contributed by atoms with Crippen LogP contribution in [0, 0.1) is 13.8 Å². The minimum atomic E-state index is -0.0441. The Morgan fingerprint density at radius 3 is 2.57 bits per heavy atom. The summed E-state index contributed by atoms with van der Waals surface area (Å²) in [7, 11) is 0. The molecule has 2 aromatic heterocycles. The Kier molecular flexibility index (Phi) is 7.11. The average Bonchev–Trinajstić information content (AvgIpc) is 3.54. The monoisotopic (exact) mass is 486 g/mol. The molecular formula is C27H30N6OS. The van der Waals surface area contributed by atoms with Crippen molar-refractivity contribution in [1.82, 2.24) is 29.8 Å². The molecule has 1 N–H and O–H groups in total. The van der Waals surface area contributed by atoms with Crippen molar-refractivity contribution in [3.63, 3.8) is 0 Å². The Morgan fingerprint density at radius 1 is 1.03 bits per heavy atom. The molecule has 0 aliphatic carbocycles. The number of fused-ring (bicyclic) bond motifs is 1. The second-order valence-electron chi connectivity index (χ2n) is 8.97. The van der Waals surface area contributed by atoms with Crippen LogP contribution in [0.5, 0.6) is 0 Å². The first-order valence-corrected chi connectivity index (χ1v) is 13.1. The highest BCUT2D eigenvalue weighted by molar-refractivity contribution is 7.98. The zero-order valence-corrected chi connectivity index (χ0v) is 21.0. The van der Waals surface area contributed by atoms with Crippen LogP contribution in [0.1, 0.15) is 51.8 Å². The van der Waals surface area contributed by atoms with Gasteiger partial charge >= 0.3 is 0 Å². The largest absolute Gasteiger partial charge is 0.350 e. The molecule has 8 heteroatoms. The van der Waals surface area contributed by atoms with E-state index in [1.165, 1.54) is 30.2 Å². The predicted molar refractivity (Wildman–Crippen MR) is 139 cm³/mol. The first-order chi connectivity index (χ1) is 17.1. The number of nitrogens with zero attached hydrogens (tertiary/aromatic N) is 5. The van der Waals surface area contributed by atoms with Crippen molar-refractivity contribution in [3.8, 4) is 0 Å². The SMILES string of the molecule is Cc1cc(C)n2nc(SCc3ccccc3C(=O)NCC(c3ccccc3)N3CCCC3)nc2n1. The molecule has 1 amide bonds. The van der Waals surface area contributed by atoms with Crippen LogP contribution in [-0.2, 0) is 5.75 Å². The van der Waals surface area contributed by atoms with Crippen LogP contribution in [0.25, 0.3) is 5.78 Å². The number of benzene rings is 2. The van der Waals surface area contributed by atoms with E-state index in [2.05, 4.69) is 49.5 Å². The van der Waals surface area contributed by atoms with Gasteiger partial charge in [-0.15, -0.1) is 5.10 Å². The lowest BCUT2D eigenvalue weighted by atomic mass is 10.0. The van der Waals surface area contributed by atoms with Gasteiger partial charge in [-0.3, -0.25) is 9.69 Å². The highest BCUT2D eigenvalue weighted by Crippen LogP contribution is 2.26. The fraction of sp³-hybridized carbons (Fsp3) is 0.333. The van der Waals surface area contributed by atoms with Gasteiger partial charge in [0, 0.05) is 29.2 Å². The van der Waals surface area contributed by atoms with Gasteiger partial charge in [0.25, 0.3) is 11.7 Å². The molecule has 1 fully saturated rings. The number of aryl methyl sites for hydroxylation is 2. The summed E-state index contributed by atoms with van der Waals surface area (Å²) in [6.45, 7) is 6.68. The summed E-state index contributed by atoms with van der Waals surface area (Å²) in [6.07, 6.45) is 2.42. The minimum absolute atomic E-state index is 0.0441. The van der Waals surface area contributed by atoms with Gasteiger partial charge in [-0.05, 0) is 63.0 Å². The number of nitrogens with one attached hydrogen (secondary N) is 1. The number of aromatic nitrogens is 4. The highest BCUT2D eigenvalue weighted by Gasteiger charge is 2.24. The molecule has 0 bridgehead atoms. The van der Waals surface area contributed by atoms with E-state index in [1.54, 1.807) is 4.52 Å². The summed E-state index contributed by atoms with van der Waals surface area (Å²) in [5.74, 6) is 1.16. The highest BCUT2D eigenvalue weighted by atomic mass is 32.2. The molecule has 0 spiro atoms. The van der Waals surface area contributed by atoms with E-state index < -0.39 is 0 Å². The molecule has 2 aromatic carbocycles. The molecular weight excluding hydrogens is 456 g/mol. The van der Waals surface area contributed by atoms with Crippen LogP contribution in [0.15, 0.2) is 65.8 Å². The number of likely N-dealkylation sites (tertiary alicyclic amines) is 1. The van der Waals surface area contributed by atoms with E-state index in [0.717, 1.165) is 30.0 Å². The number of hydrogen-bond acceptors (Lipinski definition) is 6. The van der Waals surface area contributed by atoms with Crippen molar-refractivity contribution in [1.29, 1.82) is 0 Å². The molecule has 7 nitrogen and oxygen atoms in total. The molecule has 1 unspecified atom stereocenters. The molecule has 1 aliphatic heterocycles. The van der Waals surface area contributed by atoms with Crippen molar-refractivity contribution in [2.45, 2.75) is 43.6 Å². The summed E-state index contributed by atoms with van der Waals surface area (Å²) in [4.78, 5) is 24.8. The van der Waals surface area contributed by atoms with Gasteiger partial charge in [-0.1, -0.05) is 60.3 Å². The fourth-order valence-electron chi connectivity index (χ4n) is 4.69. The van der Waals surface area contributed by atoms with Crippen LogP contribution < -0.4 is 5.32 Å². The second-order valence-corrected chi connectivity index (χ2v) is 9.91. The molecule has 1 atom stereocenters. The third-order valence-corrected chi connectivity index (χ3v) is 7.33. The zero-order chi connectivity index (χ0) is 24.2. The van der Waals surface area contributed by atoms with E-state index in [-0.39, 0.29) is 11.9 Å². The number of carbonyl (C=O) groups is 1. The number of thioether (sulfide) groups is 1.